The number of hydrogen-bond donors (Lipinski definition) is 0. The van der Waals surface area contributed by atoms with Crippen LogP contribution in [0.5, 0.6) is 11.5 Å². The smallest absolute Gasteiger partial charge is 0.226 e. The van der Waals surface area contributed by atoms with Crippen LogP contribution in [0, 0.1) is 5.82 Å². The van der Waals surface area contributed by atoms with Crippen molar-refractivity contribution in [2.75, 3.05) is 39.9 Å². The van der Waals surface area contributed by atoms with Crippen molar-refractivity contribution in [2.45, 2.75) is 13.0 Å². The number of carbonyl (C=O) groups excluding carboxylic acids is 1. The van der Waals surface area contributed by atoms with Crippen molar-refractivity contribution in [3.63, 3.8) is 0 Å². The third kappa shape index (κ3) is 5.36. The van der Waals surface area contributed by atoms with Crippen molar-refractivity contribution in [1.82, 2.24) is 9.80 Å². The van der Waals surface area contributed by atoms with Gasteiger partial charge >= 0.3 is 0 Å². The summed E-state index contributed by atoms with van der Waals surface area (Å²) in [5.74, 6) is 0.597. The van der Waals surface area contributed by atoms with E-state index < -0.39 is 5.82 Å². The van der Waals surface area contributed by atoms with E-state index in [1.807, 2.05) is 23.1 Å². The monoisotopic (exact) mass is 406 g/mol. The fourth-order valence-corrected chi connectivity index (χ4v) is 3.43. The molecule has 1 aliphatic heterocycles. The number of rotatable bonds is 7. The first-order chi connectivity index (χ1) is 13.6. The number of para-hydroxylation sites is 1. The number of methoxy groups -OCH3 is 1. The summed E-state index contributed by atoms with van der Waals surface area (Å²) in [6.45, 7) is 3.75. The van der Waals surface area contributed by atoms with Crippen LogP contribution in [0.2, 0.25) is 5.02 Å². The molecule has 0 bridgehead atoms. The molecule has 0 aliphatic carbocycles. The summed E-state index contributed by atoms with van der Waals surface area (Å²) < 4.78 is 24.3. The van der Waals surface area contributed by atoms with Gasteiger partial charge in [0, 0.05) is 43.3 Å². The van der Waals surface area contributed by atoms with E-state index >= 15 is 0 Å². The van der Waals surface area contributed by atoms with Crippen molar-refractivity contribution in [1.29, 1.82) is 0 Å². The zero-order valence-electron chi connectivity index (χ0n) is 15.9. The van der Waals surface area contributed by atoms with E-state index in [9.17, 15) is 9.18 Å². The minimum absolute atomic E-state index is 0.0244. The van der Waals surface area contributed by atoms with Gasteiger partial charge in [0.05, 0.1) is 20.1 Å². The number of halogens is 2. The molecule has 0 N–H and O–H groups in total. The average Bonchev–Trinajstić information content (AvgIpc) is 2.70. The molecule has 2 aromatic rings. The van der Waals surface area contributed by atoms with Gasteiger partial charge in [0.1, 0.15) is 5.75 Å². The lowest BCUT2D eigenvalue weighted by molar-refractivity contribution is -0.133. The molecule has 1 heterocycles. The number of piperazine rings is 1. The van der Waals surface area contributed by atoms with Gasteiger partial charge in [-0.2, -0.15) is 0 Å². The number of benzene rings is 2. The van der Waals surface area contributed by atoms with Crippen molar-refractivity contribution in [3.05, 3.63) is 58.9 Å². The molecular weight excluding hydrogens is 383 g/mol. The normalized spacial score (nSPS) is 14.8. The topological polar surface area (TPSA) is 42.0 Å². The molecule has 3 rings (SSSR count). The van der Waals surface area contributed by atoms with Gasteiger partial charge in [-0.1, -0.05) is 23.7 Å². The summed E-state index contributed by atoms with van der Waals surface area (Å²) in [7, 11) is 1.65. The Balaban J connectivity index is 1.44. The molecule has 5 nitrogen and oxygen atoms in total. The van der Waals surface area contributed by atoms with Crippen LogP contribution >= 0.6 is 11.6 Å². The second kappa shape index (κ2) is 9.75. The highest BCUT2D eigenvalue weighted by molar-refractivity contribution is 6.30. The minimum Gasteiger partial charge on any atom is -0.496 e. The van der Waals surface area contributed by atoms with Crippen LogP contribution in [0.15, 0.2) is 42.5 Å². The molecule has 0 saturated carbocycles. The van der Waals surface area contributed by atoms with E-state index in [4.69, 9.17) is 21.1 Å². The molecule has 0 aromatic heterocycles. The number of carbonyl (C=O) groups is 1. The average molecular weight is 407 g/mol. The molecule has 0 atom stereocenters. The van der Waals surface area contributed by atoms with Crippen LogP contribution in [0.3, 0.4) is 0 Å². The van der Waals surface area contributed by atoms with E-state index in [-0.39, 0.29) is 24.7 Å². The summed E-state index contributed by atoms with van der Waals surface area (Å²) in [6, 6.07) is 11.8. The molecule has 1 saturated heterocycles. The van der Waals surface area contributed by atoms with Crippen LogP contribution in [-0.4, -0.2) is 55.6 Å². The molecule has 2 aromatic carbocycles. The van der Waals surface area contributed by atoms with Crippen LogP contribution in [0.4, 0.5) is 4.39 Å². The predicted octanol–water partition coefficient (Wildman–Crippen LogP) is 3.60. The second-order valence-electron chi connectivity index (χ2n) is 6.64. The number of nitrogens with zero attached hydrogens (tertiary/aromatic N) is 2. The maximum atomic E-state index is 13.5. The molecule has 150 valence electrons. The molecule has 0 spiro atoms. The van der Waals surface area contributed by atoms with Crippen molar-refractivity contribution in [3.8, 4) is 11.5 Å². The molecule has 28 heavy (non-hydrogen) atoms. The van der Waals surface area contributed by atoms with E-state index in [1.54, 1.807) is 25.3 Å². The third-order valence-corrected chi connectivity index (χ3v) is 5.01. The first-order valence-corrected chi connectivity index (χ1v) is 9.64. The van der Waals surface area contributed by atoms with E-state index in [0.717, 1.165) is 30.9 Å². The lowest BCUT2D eigenvalue weighted by Crippen LogP contribution is -2.48. The summed E-state index contributed by atoms with van der Waals surface area (Å²) in [5, 5.41) is 0.680. The molecular formula is C21H24ClFN2O3. The molecule has 7 heteroatoms. The quantitative estimate of drug-likeness (QED) is 0.704. The lowest BCUT2D eigenvalue weighted by Gasteiger charge is -2.35. The largest absolute Gasteiger partial charge is 0.496 e. The fourth-order valence-electron chi connectivity index (χ4n) is 3.24. The van der Waals surface area contributed by atoms with Gasteiger partial charge in [0.2, 0.25) is 5.91 Å². The summed E-state index contributed by atoms with van der Waals surface area (Å²) in [5.41, 5.74) is 1.04. The maximum absolute atomic E-state index is 13.5. The predicted molar refractivity (Wildman–Crippen MR) is 106 cm³/mol. The first kappa shape index (κ1) is 20.4. The highest BCUT2D eigenvalue weighted by Crippen LogP contribution is 2.24. The standard InChI is InChI=1S/C21H24ClFN2O3/c1-27-19-7-6-17(22)14-16(19)15-24-9-11-25(12-10-24)21(26)8-13-28-20-5-3-2-4-18(20)23/h2-7,14H,8-13,15H2,1H3. The van der Waals surface area contributed by atoms with Crippen LogP contribution in [-0.2, 0) is 11.3 Å². The Morgan fingerprint density at radius 3 is 2.57 bits per heavy atom. The Kier molecular flexibility index (Phi) is 7.12. The van der Waals surface area contributed by atoms with Crippen LogP contribution in [0.1, 0.15) is 12.0 Å². The van der Waals surface area contributed by atoms with Gasteiger partial charge in [-0.05, 0) is 30.3 Å². The van der Waals surface area contributed by atoms with Crippen molar-refractivity contribution in [2.24, 2.45) is 0 Å². The van der Waals surface area contributed by atoms with Gasteiger partial charge in [-0.25, -0.2) is 4.39 Å². The third-order valence-electron chi connectivity index (χ3n) is 4.77. The molecule has 1 aliphatic rings. The van der Waals surface area contributed by atoms with Crippen molar-refractivity contribution >= 4 is 17.5 Å². The number of hydrogen-bond acceptors (Lipinski definition) is 4. The highest BCUT2D eigenvalue weighted by Gasteiger charge is 2.22. The summed E-state index contributed by atoms with van der Waals surface area (Å²) >= 11 is 6.10. The van der Waals surface area contributed by atoms with Gasteiger partial charge in [0.15, 0.2) is 11.6 Å². The van der Waals surface area contributed by atoms with Crippen molar-refractivity contribution < 1.29 is 18.7 Å². The Morgan fingerprint density at radius 1 is 1.11 bits per heavy atom. The molecule has 0 radical (unpaired) electrons. The van der Waals surface area contributed by atoms with Gasteiger partial charge in [-0.3, -0.25) is 9.69 Å². The van der Waals surface area contributed by atoms with E-state index in [0.29, 0.717) is 18.1 Å². The highest BCUT2D eigenvalue weighted by atomic mass is 35.5. The SMILES string of the molecule is COc1ccc(Cl)cc1CN1CCN(C(=O)CCOc2ccccc2F)CC1. The summed E-state index contributed by atoms with van der Waals surface area (Å²) in [4.78, 5) is 16.5. The van der Waals surface area contributed by atoms with Crippen LogP contribution < -0.4 is 9.47 Å². The van der Waals surface area contributed by atoms with Crippen LogP contribution in [0.25, 0.3) is 0 Å². The van der Waals surface area contributed by atoms with E-state index in [1.165, 1.54) is 6.07 Å². The first-order valence-electron chi connectivity index (χ1n) is 9.26. The number of ether oxygens (including phenoxy) is 2. The Morgan fingerprint density at radius 2 is 1.86 bits per heavy atom. The minimum atomic E-state index is -0.417. The van der Waals surface area contributed by atoms with E-state index in [2.05, 4.69) is 4.90 Å². The van der Waals surface area contributed by atoms with Gasteiger partial charge in [0.25, 0.3) is 0 Å². The molecule has 0 unspecified atom stereocenters. The van der Waals surface area contributed by atoms with Gasteiger partial charge in [-0.15, -0.1) is 0 Å². The number of amides is 1. The zero-order chi connectivity index (χ0) is 19.9. The zero-order valence-corrected chi connectivity index (χ0v) is 16.6. The lowest BCUT2D eigenvalue weighted by atomic mass is 10.1. The summed E-state index contributed by atoms with van der Waals surface area (Å²) in [6.07, 6.45) is 0.233. The molecule has 1 amide bonds. The Labute approximate surface area is 169 Å². The van der Waals surface area contributed by atoms with Gasteiger partial charge < -0.3 is 14.4 Å². The Hall–Kier alpha value is -2.31. The maximum Gasteiger partial charge on any atom is 0.226 e. The second-order valence-corrected chi connectivity index (χ2v) is 7.08. The molecule has 1 fully saturated rings. The fraction of sp³-hybridized carbons (Fsp3) is 0.381. The Bertz CT molecular complexity index is 810.